The lowest BCUT2D eigenvalue weighted by atomic mass is 10.1. The summed E-state index contributed by atoms with van der Waals surface area (Å²) in [6.45, 7) is 1.85. The molecule has 0 saturated heterocycles. The summed E-state index contributed by atoms with van der Waals surface area (Å²) >= 11 is 0. The summed E-state index contributed by atoms with van der Waals surface area (Å²) in [4.78, 5) is 4.34. The summed E-state index contributed by atoms with van der Waals surface area (Å²) in [5.41, 5.74) is 1.65. The van der Waals surface area contributed by atoms with Crippen LogP contribution in [0.15, 0.2) is 48.7 Å². The Morgan fingerprint density at radius 3 is 2.50 bits per heavy atom. The first kappa shape index (κ1) is 12.3. The summed E-state index contributed by atoms with van der Waals surface area (Å²) in [6, 6.07) is 12.3. The van der Waals surface area contributed by atoms with Gasteiger partial charge < -0.3 is 15.5 Å². The SMILES string of the molecule is Cc1cc2c(Nc3ccc(O)cc3)nccc2cc1O. The molecule has 0 unspecified atom stereocenters. The topological polar surface area (TPSA) is 65.4 Å². The van der Waals surface area contributed by atoms with Gasteiger partial charge in [-0.25, -0.2) is 4.98 Å². The molecule has 0 aliphatic carbocycles. The molecule has 1 heterocycles. The molecule has 4 heteroatoms. The van der Waals surface area contributed by atoms with Crippen molar-refractivity contribution in [2.45, 2.75) is 6.92 Å². The number of nitrogens with one attached hydrogen (secondary N) is 1. The van der Waals surface area contributed by atoms with Gasteiger partial charge in [0.25, 0.3) is 0 Å². The minimum absolute atomic E-state index is 0.224. The number of phenols is 2. The maximum Gasteiger partial charge on any atom is 0.138 e. The molecule has 0 radical (unpaired) electrons. The fraction of sp³-hybridized carbons (Fsp3) is 0.0625. The number of pyridine rings is 1. The second-order valence-electron chi connectivity index (χ2n) is 4.69. The Bertz CT molecular complexity index is 767. The Balaban J connectivity index is 2.07. The number of rotatable bonds is 2. The zero-order valence-corrected chi connectivity index (χ0v) is 11.0. The van der Waals surface area contributed by atoms with Crippen LogP contribution in [0.25, 0.3) is 10.8 Å². The van der Waals surface area contributed by atoms with Crippen molar-refractivity contribution in [2.24, 2.45) is 0 Å². The molecule has 1 aromatic heterocycles. The smallest absolute Gasteiger partial charge is 0.138 e. The molecular formula is C16H14N2O2. The van der Waals surface area contributed by atoms with Gasteiger partial charge in [-0.1, -0.05) is 0 Å². The van der Waals surface area contributed by atoms with Gasteiger partial charge in [0.1, 0.15) is 17.3 Å². The van der Waals surface area contributed by atoms with Gasteiger partial charge in [0.05, 0.1) is 0 Å². The fourth-order valence-corrected chi connectivity index (χ4v) is 2.10. The van der Waals surface area contributed by atoms with Crippen molar-refractivity contribution in [3.05, 3.63) is 54.2 Å². The molecule has 0 aliphatic heterocycles. The van der Waals surface area contributed by atoms with Crippen molar-refractivity contribution in [3.63, 3.8) is 0 Å². The lowest BCUT2D eigenvalue weighted by Crippen LogP contribution is -1.94. The minimum Gasteiger partial charge on any atom is -0.508 e. The molecule has 0 fully saturated rings. The van der Waals surface area contributed by atoms with Crippen LogP contribution in [-0.4, -0.2) is 15.2 Å². The van der Waals surface area contributed by atoms with Gasteiger partial charge in [-0.15, -0.1) is 0 Å². The van der Waals surface area contributed by atoms with E-state index in [0.717, 1.165) is 27.8 Å². The van der Waals surface area contributed by atoms with Crippen molar-refractivity contribution in [1.82, 2.24) is 4.98 Å². The third-order valence-electron chi connectivity index (χ3n) is 3.21. The molecule has 3 aromatic rings. The average molecular weight is 266 g/mol. The molecule has 2 aromatic carbocycles. The van der Waals surface area contributed by atoms with Crippen LogP contribution in [0.1, 0.15) is 5.56 Å². The molecule has 0 amide bonds. The summed E-state index contributed by atoms with van der Waals surface area (Å²) < 4.78 is 0. The van der Waals surface area contributed by atoms with Gasteiger partial charge in [-0.05, 0) is 60.3 Å². The van der Waals surface area contributed by atoms with Gasteiger partial charge in [0, 0.05) is 17.3 Å². The van der Waals surface area contributed by atoms with E-state index in [0.29, 0.717) is 0 Å². The van der Waals surface area contributed by atoms with E-state index in [4.69, 9.17) is 0 Å². The van der Waals surface area contributed by atoms with Gasteiger partial charge in [0.15, 0.2) is 0 Å². The minimum atomic E-state index is 0.224. The molecule has 4 nitrogen and oxygen atoms in total. The average Bonchev–Trinajstić information content (AvgIpc) is 2.43. The second-order valence-corrected chi connectivity index (χ2v) is 4.69. The molecule has 100 valence electrons. The molecule has 20 heavy (non-hydrogen) atoms. The number of phenolic OH excluding ortho intramolecular Hbond substituents is 2. The molecule has 0 atom stereocenters. The lowest BCUT2D eigenvalue weighted by molar-refractivity contribution is 0.472. The van der Waals surface area contributed by atoms with Crippen LogP contribution in [0.3, 0.4) is 0 Å². The highest BCUT2D eigenvalue weighted by Crippen LogP contribution is 2.29. The summed E-state index contributed by atoms with van der Waals surface area (Å²) in [7, 11) is 0. The fourth-order valence-electron chi connectivity index (χ4n) is 2.10. The van der Waals surface area contributed by atoms with E-state index >= 15 is 0 Å². The number of aromatic nitrogens is 1. The van der Waals surface area contributed by atoms with Crippen LogP contribution in [0.2, 0.25) is 0 Å². The number of aryl methyl sites for hydroxylation is 1. The van der Waals surface area contributed by atoms with Crippen molar-refractivity contribution in [2.75, 3.05) is 5.32 Å². The van der Waals surface area contributed by atoms with E-state index in [1.165, 1.54) is 0 Å². The maximum absolute atomic E-state index is 9.76. The molecule has 0 spiro atoms. The van der Waals surface area contributed by atoms with E-state index in [1.807, 2.05) is 19.1 Å². The highest BCUT2D eigenvalue weighted by atomic mass is 16.3. The van der Waals surface area contributed by atoms with Crippen LogP contribution in [0.5, 0.6) is 11.5 Å². The Morgan fingerprint density at radius 1 is 1.00 bits per heavy atom. The largest absolute Gasteiger partial charge is 0.508 e. The molecule has 0 saturated carbocycles. The zero-order chi connectivity index (χ0) is 14.1. The van der Waals surface area contributed by atoms with E-state index in [9.17, 15) is 10.2 Å². The number of aromatic hydroxyl groups is 2. The van der Waals surface area contributed by atoms with E-state index in [-0.39, 0.29) is 11.5 Å². The summed E-state index contributed by atoms with van der Waals surface area (Å²) in [5.74, 6) is 1.22. The molecule has 3 rings (SSSR count). The van der Waals surface area contributed by atoms with Crippen molar-refractivity contribution >= 4 is 22.3 Å². The first-order valence-electron chi connectivity index (χ1n) is 6.28. The third-order valence-corrected chi connectivity index (χ3v) is 3.21. The number of hydrogen-bond donors (Lipinski definition) is 3. The second kappa shape index (κ2) is 4.74. The lowest BCUT2D eigenvalue weighted by Gasteiger charge is -2.10. The number of fused-ring (bicyclic) bond motifs is 1. The van der Waals surface area contributed by atoms with Crippen molar-refractivity contribution < 1.29 is 10.2 Å². The molecule has 0 bridgehead atoms. The first-order chi connectivity index (χ1) is 9.63. The van der Waals surface area contributed by atoms with Crippen LogP contribution < -0.4 is 5.32 Å². The predicted molar refractivity (Wildman–Crippen MR) is 79.5 cm³/mol. The van der Waals surface area contributed by atoms with Gasteiger partial charge in [-0.3, -0.25) is 0 Å². The van der Waals surface area contributed by atoms with Crippen molar-refractivity contribution in [1.29, 1.82) is 0 Å². The quantitative estimate of drug-likeness (QED) is 0.619. The maximum atomic E-state index is 9.76. The van der Waals surface area contributed by atoms with Crippen LogP contribution in [0.4, 0.5) is 11.5 Å². The first-order valence-corrected chi connectivity index (χ1v) is 6.28. The van der Waals surface area contributed by atoms with Crippen LogP contribution >= 0.6 is 0 Å². The Kier molecular flexibility index (Phi) is 2.91. The summed E-state index contributed by atoms with van der Waals surface area (Å²) in [5, 5.41) is 24.1. The van der Waals surface area contributed by atoms with Crippen LogP contribution in [0, 0.1) is 6.92 Å². The standard InChI is InChI=1S/C16H14N2O2/c1-10-8-14-11(9-15(10)20)6-7-17-16(14)18-12-2-4-13(19)5-3-12/h2-9,19-20H,1H3,(H,17,18). The number of benzene rings is 2. The normalized spacial score (nSPS) is 10.7. The molecular weight excluding hydrogens is 252 g/mol. The van der Waals surface area contributed by atoms with Gasteiger partial charge >= 0.3 is 0 Å². The number of nitrogens with zero attached hydrogens (tertiary/aromatic N) is 1. The Morgan fingerprint density at radius 2 is 1.75 bits per heavy atom. The monoisotopic (exact) mass is 266 g/mol. The highest BCUT2D eigenvalue weighted by Gasteiger charge is 2.06. The number of anilines is 2. The van der Waals surface area contributed by atoms with Gasteiger partial charge in [0.2, 0.25) is 0 Å². The molecule has 3 N–H and O–H groups in total. The Hall–Kier alpha value is -2.75. The van der Waals surface area contributed by atoms with E-state index in [1.54, 1.807) is 36.5 Å². The summed E-state index contributed by atoms with van der Waals surface area (Å²) in [6.07, 6.45) is 1.69. The van der Waals surface area contributed by atoms with E-state index in [2.05, 4.69) is 10.3 Å². The van der Waals surface area contributed by atoms with Gasteiger partial charge in [-0.2, -0.15) is 0 Å². The Labute approximate surface area is 116 Å². The zero-order valence-electron chi connectivity index (χ0n) is 11.0. The molecule has 0 aliphatic rings. The van der Waals surface area contributed by atoms with E-state index < -0.39 is 0 Å². The third kappa shape index (κ3) is 2.23. The van der Waals surface area contributed by atoms with Crippen LogP contribution in [-0.2, 0) is 0 Å². The highest BCUT2D eigenvalue weighted by molar-refractivity contribution is 5.94. The number of hydrogen-bond acceptors (Lipinski definition) is 4. The predicted octanol–water partition coefficient (Wildman–Crippen LogP) is 3.70. The van der Waals surface area contributed by atoms with Crippen molar-refractivity contribution in [3.8, 4) is 11.5 Å².